The molecule has 0 aromatic heterocycles. The van der Waals surface area contributed by atoms with Crippen LogP contribution in [-0.2, 0) is 9.53 Å². The van der Waals surface area contributed by atoms with E-state index in [0.717, 1.165) is 31.2 Å². The first-order valence-electron chi connectivity index (χ1n) is 7.96. The Balaban J connectivity index is 1.67. The highest BCUT2D eigenvalue weighted by Gasteiger charge is 2.34. The van der Waals surface area contributed by atoms with Crippen LogP contribution >= 0.6 is 0 Å². The van der Waals surface area contributed by atoms with Crippen LogP contribution in [0.2, 0.25) is 0 Å². The minimum absolute atomic E-state index is 0.00766. The molecule has 1 aromatic carbocycles. The lowest BCUT2D eigenvalue weighted by molar-refractivity contribution is -0.145. The fourth-order valence-corrected chi connectivity index (χ4v) is 3.42. The Hall–Kier alpha value is -1.39. The van der Waals surface area contributed by atoms with Gasteiger partial charge in [-0.15, -0.1) is 0 Å². The Morgan fingerprint density at radius 2 is 1.95 bits per heavy atom. The van der Waals surface area contributed by atoms with Crippen molar-refractivity contribution in [3.05, 3.63) is 35.9 Å². The maximum atomic E-state index is 12.7. The molecule has 0 radical (unpaired) electrons. The standard InChI is InChI=1S/C17H24N2O2/c18-15-9-5-4-8-14(15)17(20)19-10-11-21-16(12-19)13-6-2-1-3-7-13/h1-3,6-7,14-16H,4-5,8-12,18H2. The van der Waals surface area contributed by atoms with Crippen molar-refractivity contribution in [1.29, 1.82) is 0 Å². The Bertz CT molecular complexity index is 477. The molecule has 2 N–H and O–H groups in total. The van der Waals surface area contributed by atoms with Crippen molar-refractivity contribution in [2.24, 2.45) is 11.7 Å². The molecule has 4 nitrogen and oxygen atoms in total. The summed E-state index contributed by atoms with van der Waals surface area (Å²) in [6.07, 6.45) is 4.18. The van der Waals surface area contributed by atoms with E-state index in [2.05, 4.69) is 12.1 Å². The summed E-state index contributed by atoms with van der Waals surface area (Å²) in [7, 11) is 0. The van der Waals surface area contributed by atoms with E-state index < -0.39 is 0 Å². The highest BCUT2D eigenvalue weighted by molar-refractivity contribution is 5.79. The highest BCUT2D eigenvalue weighted by atomic mass is 16.5. The Morgan fingerprint density at radius 3 is 2.71 bits per heavy atom. The zero-order valence-electron chi connectivity index (χ0n) is 12.4. The minimum Gasteiger partial charge on any atom is -0.370 e. The molecule has 4 heteroatoms. The van der Waals surface area contributed by atoms with Crippen molar-refractivity contribution in [2.45, 2.75) is 37.8 Å². The van der Waals surface area contributed by atoms with Gasteiger partial charge in [0.25, 0.3) is 0 Å². The summed E-state index contributed by atoms with van der Waals surface area (Å²) in [4.78, 5) is 14.7. The van der Waals surface area contributed by atoms with Crippen LogP contribution in [0.4, 0.5) is 0 Å². The monoisotopic (exact) mass is 288 g/mol. The number of morpholine rings is 1. The fourth-order valence-electron chi connectivity index (χ4n) is 3.42. The predicted molar refractivity (Wildman–Crippen MR) is 81.6 cm³/mol. The second-order valence-corrected chi connectivity index (χ2v) is 6.11. The maximum Gasteiger partial charge on any atom is 0.227 e. The van der Waals surface area contributed by atoms with Crippen molar-refractivity contribution in [3.63, 3.8) is 0 Å². The van der Waals surface area contributed by atoms with Crippen molar-refractivity contribution < 1.29 is 9.53 Å². The van der Waals surface area contributed by atoms with Crippen LogP contribution in [0.5, 0.6) is 0 Å². The van der Waals surface area contributed by atoms with E-state index in [0.29, 0.717) is 19.7 Å². The van der Waals surface area contributed by atoms with Gasteiger partial charge in [0, 0.05) is 12.6 Å². The first kappa shape index (κ1) is 14.5. The molecule has 2 aliphatic rings. The Kier molecular flexibility index (Phi) is 4.56. The Morgan fingerprint density at radius 1 is 1.19 bits per heavy atom. The van der Waals surface area contributed by atoms with Gasteiger partial charge in [0.1, 0.15) is 6.10 Å². The van der Waals surface area contributed by atoms with Crippen molar-refractivity contribution in [2.75, 3.05) is 19.7 Å². The largest absolute Gasteiger partial charge is 0.370 e. The molecule has 3 unspecified atom stereocenters. The van der Waals surface area contributed by atoms with E-state index in [1.54, 1.807) is 0 Å². The quantitative estimate of drug-likeness (QED) is 0.906. The van der Waals surface area contributed by atoms with Crippen LogP contribution in [-0.4, -0.2) is 36.5 Å². The number of hydrogen-bond acceptors (Lipinski definition) is 3. The number of nitrogens with zero attached hydrogens (tertiary/aromatic N) is 1. The van der Waals surface area contributed by atoms with Gasteiger partial charge in [0.05, 0.1) is 19.1 Å². The molecule has 1 amide bonds. The average Bonchev–Trinajstić information content (AvgIpc) is 2.56. The van der Waals surface area contributed by atoms with E-state index in [1.165, 1.54) is 0 Å². The van der Waals surface area contributed by atoms with Crippen molar-refractivity contribution in [3.8, 4) is 0 Å². The third-order valence-corrected chi connectivity index (χ3v) is 4.69. The van der Waals surface area contributed by atoms with E-state index in [9.17, 15) is 4.79 Å². The lowest BCUT2D eigenvalue weighted by atomic mass is 9.84. The number of hydrogen-bond donors (Lipinski definition) is 1. The van der Waals surface area contributed by atoms with Gasteiger partial charge in [-0.1, -0.05) is 43.2 Å². The topological polar surface area (TPSA) is 55.6 Å². The van der Waals surface area contributed by atoms with Crippen LogP contribution in [0.3, 0.4) is 0 Å². The van der Waals surface area contributed by atoms with Crippen molar-refractivity contribution in [1.82, 2.24) is 4.90 Å². The summed E-state index contributed by atoms with van der Waals surface area (Å²) in [5.41, 5.74) is 7.30. The molecule has 3 atom stereocenters. The molecule has 1 saturated heterocycles. The number of carbonyl (C=O) groups excluding carboxylic acids is 1. The molecule has 1 aromatic rings. The van der Waals surface area contributed by atoms with Gasteiger partial charge in [0.2, 0.25) is 5.91 Å². The molecule has 1 heterocycles. The van der Waals surface area contributed by atoms with Crippen LogP contribution in [0.15, 0.2) is 30.3 Å². The van der Waals surface area contributed by atoms with E-state index >= 15 is 0 Å². The average molecular weight is 288 g/mol. The number of ether oxygens (including phenoxy) is 1. The van der Waals surface area contributed by atoms with Gasteiger partial charge in [-0.25, -0.2) is 0 Å². The first-order chi connectivity index (χ1) is 10.3. The normalized spacial score (nSPS) is 30.1. The van der Waals surface area contributed by atoms with Gasteiger partial charge in [-0.05, 0) is 18.4 Å². The van der Waals surface area contributed by atoms with Crippen LogP contribution < -0.4 is 5.73 Å². The predicted octanol–water partition coefficient (Wildman–Crippen LogP) is 2.10. The van der Waals surface area contributed by atoms with E-state index in [-0.39, 0.29) is 24.0 Å². The number of carbonyl (C=O) groups is 1. The van der Waals surface area contributed by atoms with Crippen molar-refractivity contribution >= 4 is 5.91 Å². The molecule has 114 valence electrons. The van der Waals surface area contributed by atoms with Gasteiger partial charge < -0.3 is 15.4 Å². The molecule has 21 heavy (non-hydrogen) atoms. The van der Waals surface area contributed by atoms with Crippen LogP contribution in [0.25, 0.3) is 0 Å². The number of nitrogens with two attached hydrogens (primary N) is 1. The maximum absolute atomic E-state index is 12.7. The summed E-state index contributed by atoms with van der Waals surface area (Å²) in [5.74, 6) is 0.236. The molecule has 2 fully saturated rings. The van der Waals surface area contributed by atoms with Gasteiger partial charge in [0.15, 0.2) is 0 Å². The summed E-state index contributed by atoms with van der Waals surface area (Å²) in [5, 5.41) is 0. The van der Waals surface area contributed by atoms with Crippen LogP contribution in [0.1, 0.15) is 37.4 Å². The van der Waals surface area contributed by atoms with E-state index in [1.807, 2.05) is 23.1 Å². The lowest BCUT2D eigenvalue weighted by Crippen LogP contribution is -2.49. The zero-order valence-corrected chi connectivity index (χ0v) is 12.4. The number of benzene rings is 1. The number of amides is 1. The molecule has 0 spiro atoms. The van der Waals surface area contributed by atoms with Crippen LogP contribution in [0, 0.1) is 5.92 Å². The lowest BCUT2D eigenvalue weighted by Gasteiger charge is -2.37. The molecular formula is C17H24N2O2. The van der Waals surface area contributed by atoms with Gasteiger partial charge in [-0.3, -0.25) is 4.79 Å². The smallest absolute Gasteiger partial charge is 0.227 e. The molecule has 1 saturated carbocycles. The van der Waals surface area contributed by atoms with Gasteiger partial charge in [-0.2, -0.15) is 0 Å². The summed E-state index contributed by atoms with van der Waals surface area (Å²) in [6, 6.07) is 10.2. The second-order valence-electron chi connectivity index (χ2n) is 6.11. The third kappa shape index (κ3) is 3.27. The fraction of sp³-hybridized carbons (Fsp3) is 0.588. The molecule has 1 aliphatic heterocycles. The first-order valence-corrected chi connectivity index (χ1v) is 7.96. The molecule has 3 rings (SSSR count). The van der Waals surface area contributed by atoms with Gasteiger partial charge >= 0.3 is 0 Å². The molecule has 1 aliphatic carbocycles. The summed E-state index contributed by atoms with van der Waals surface area (Å²) in [6.45, 7) is 1.94. The minimum atomic E-state index is -0.0104. The second kappa shape index (κ2) is 6.58. The third-order valence-electron chi connectivity index (χ3n) is 4.69. The number of rotatable bonds is 2. The summed E-state index contributed by atoms with van der Waals surface area (Å²) < 4.78 is 5.83. The zero-order chi connectivity index (χ0) is 14.7. The SMILES string of the molecule is NC1CCCCC1C(=O)N1CCOC(c2ccccc2)C1. The van der Waals surface area contributed by atoms with E-state index in [4.69, 9.17) is 10.5 Å². The molecule has 0 bridgehead atoms. The molecular weight excluding hydrogens is 264 g/mol. The summed E-state index contributed by atoms with van der Waals surface area (Å²) >= 11 is 0. The Labute approximate surface area is 126 Å². The highest BCUT2D eigenvalue weighted by Crippen LogP contribution is 2.28.